The minimum Gasteiger partial charge on any atom is -0.465 e. The van der Waals surface area contributed by atoms with E-state index in [4.69, 9.17) is 4.42 Å². The number of hydrogen-bond donors (Lipinski definition) is 0. The molecule has 0 unspecified atom stereocenters. The van der Waals surface area contributed by atoms with Gasteiger partial charge in [0, 0.05) is 0 Å². The second-order valence-corrected chi connectivity index (χ2v) is 3.19. The van der Waals surface area contributed by atoms with Crippen LogP contribution >= 0.6 is 0 Å². The van der Waals surface area contributed by atoms with Gasteiger partial charge in [-0.2, -0.15) is 0 Å². The highest BCUT2D eigenvalue weighted by Gasteiger charge is 2.26. The van der Waals surface area contributed by atoms with E-state index in [1.807, 2.05) is 0 Å². The van der Waals surface area contributed by atoms with Gasteiger partial charge in [0.2, 0.25) is 0 Å². The van der Waals surface area contributed by atoms with Crippen molar-refractivity contribution in [3.63, 3.8) is 0 Å². The van der Waals surface area contributed by atoms with Crippen LogP contribution in [0.1, 0.15) is 20.7 Å². The average molecular weight is 240 g/mol. The van der Waals surface area contributed by atoms with Crippen molar-refractivity contribution in [1.82, 2.24) is 0 Å². The van der Waals surface area contributed by atoms with Crippen molar-refractivity contribution >= 4 is 23.2 Å². The minimum atomic E-state index is -1.14. The first-order chi connectivity index (χ1) is 8.11. The highest BCUT2D eigenvalue weighted by atomic mass is 19.1. The van der Waals surface area contributed by atoms with Crippen LogP contribution < -0.4 is 0 Å². The number of ether oxygens (including phenoxy) is 1. The average Bonchev–Trinajstić information content (AvgIpc) is 2.82. The Balaban J connectivity index is 2.93. The number of halogens is 2. The molecule has 0 fully saturated rings. The van der Waals surface area contributed by atoms with E-state index in [0.717, 1.165) is 13.4 Å². The third-order valence-electron chi connectivity index (χ3n) is 2.33. The van der Waals surface area contributed by atoms with Crippen molar-refractivity contribution in [1.29, 1.82) is 0 Å². The zero-order chi connectivity index (χ0) is 12.6. The van der Waals surface area contributed by atoms with E-state index in [9.17, 15) is 18.4 Å². The number of carbonyl (C=O) groups excluding carboxylic acids is 2. The summed E-state index contributed by atoms with van der Waals surface area (Å²) in [5.74, 6) is -3.26. The van der Waals surface area contributed by atoms with Gasteiger partial charge in [0.15, 0.2) is 17.7 Å². The first-order valence-corrected chi connectivity index (χ1v) is 4.53. The molecule has 17 heavy (non-hydrogen) atoms. The number of benzene rings is 1. The molecule has 0 radical (unpaired) electrons. The molecule has 0 aliphatic carbocycles. The predicted octanol–water partition coefficient (Wildman–Crippen LogP) is 2.31. The summed E-state index contributed by atoms with van der Waals surface area (Å²) in [6, 6.07) is 1.17. The number of aldehydes is 1. The van der Waals surface area contributed by atoms with Crippen LogP contribution in [0.15, 0.2) is 16.7 Å². The minimum absolute atomic E-state index is 0.0666. The molecule has 0 spiro atoms. The van der Waals surface area contributed by atoms with Gasteiger partial charge in [-0.1, -0.05) is 0 Å². The highest BCUT2D eigenvalue weighted by Crippen LogP contribution is 2.28. The van der Waals surface area contributed by atoms with E-state index >= 15 is 0 Å². The van der Waals surface area contributed by atoms with E-state index in [1.54, 1.807) is 0 Å². The molecular weight excluding hydrogens is 234 g/mol. The number of carbonyl (C=O) groups is 2. The summed E-state index contributed by atoms with van der Waals surface area (Å²) in [4.78, 5) is 22.0. The lowest BCUT2D eigenvalue weighted by Gasteiger charge is -2.06. The van der Waals surface area contributed by atoms with E-state index in [-0.39, 0.29) is 11.7 Å². The molecule has 0 aliphatic rings. The quantitative estimate of drug-likeness (QED) is 0.597. The van der Waals surface area contributed by atoms with Crippen LogP contribution in [0.25, 0.3) is 11.0 Å². The van der Waals surface area contributed by atoms with Crippen LogP contribution in [0.4, 0.5) is 8.78 Å². The standard InChI is InChI=1S/C11H6F2O4/c1-16-11(15)7-6(4-14)8(12)5-2-3-17-10(5)9(7)13/h2-4H,1H3. The lowest BCUT2D eigenvalue weighted by atomic mass is 10.0. The Morgan fingerprint density at radius 1 is 1.41 bits per heavy atom. The fraction of sp³-hybridized carbons (Fsp3) is 0.0909. The molecule has 2 aromatic rings. The molecule has 2 rings (SSSR count). The molecule has 0 saturated heterocycles. The van der Waals surface area contributed by atoms with Crippen LogP contribution in [0.3, 0.4) is 0 Å². The number of esters is 1. The summed E-state index contributed by atoms with van der Waals surface area (Å²) in [6.07, 6.45) is 1.13. The smallest absolute Gasteiger partial charge is 0.341 e. The van der Waals surface area contributed by atoms with Crippen LogP contribution in [0, 0.1) is 11.6 Å². The zero-order valence-electron chi connectivity index (χ0n) is 8.62. The third-order valence-corrected chi connectivity index (χ3v) is 2.33. The fourth-order valence-corrected chi connectivity index (χ4v) is 1.55. The van der Waals surface area contributed by atoms with Crippen molar-refractivity contribution < 1.29 is 27.5 Å². The fourth-order valence-electron chi connectivity index (χ4n) is 1.55. The van der Waals surface area contributed by atoms with E-state index in [0.29, 0.717) is 0 Å². The third kappa shape index (κ3) is 1.49. The van der Waals surface area contributed by atoms with E-state index < -0.39 is 34.3 Å². The van der Waals surface area contributed by atoms with E-state index in [1.165, 1.54) is 6.07 Å². The van der Waals surface area contributed by atoms with Crippen molar-refractivity contribution in [3.8, 4) is 0 Å². The van der Waals surface area contributed by atoms with Crippen LogP contribution in [-0.4, -0.2) is 19.4 Å². The van der Waals surface area contributed by atoms with Gasteiger partial charge in [-0.05, 0) is 6.07 Å². The molecule has 0 N–H and O–H groups in total. The maximum atomic E-state index is 13.8. The molecule has 0 amide bonds. The Morgan fingerprint density at radius 2 is 2.12 bits per heavy atom. The number of hydrogen-bond acceptors (Lipinski definition) is 4. The first-order valence-electron chi connectivity index (χ1n) is 4.53. The highest BCUT2D eigenvalue weighted by molar-refractivity contribution is 6.03. The second kappa shape index (κ2) is 3.97. The Morgan fingerprint density at radius 3 is 2.71 bits per heavy atom. The maximum absolute atomic E-state index is 13.8. The second-order valence-electron chi connectivity index (χ2n) is 3.19. The number of rotatable bonds is 2. The van der Waals surface area contributed by atoms with Gasteiger partial charge in [0.25, 0.3) is 0 Å². The first kappa shape index (κ1) is 11.3. The SMILES string of the molecule is COC(=O)c1c(C=O)c(F)c2ccoc2c1F. The Labute approximate surface area is 93.8 Å². The molecule has 0 bridgehead atoms. The van der Waals surface area contributed by atoms with Gasteiger partial charge in [0.05, 0.1) is 24.3 Å². The van der Waals surface area contributed by atoms with Gasteiger partial charge in [-0.3, -0.25) is 4.79 Å². The van der Waals surface area contributed by atoms with Crippen molar-refractivity contribution in [2.75, 3.05) is 7.11 Å². The molecule has 6 heteroatoms. The van der Waals surface area contributed by atoms with Crippen LogP contribution in [0.5, 0.6) is 0 Å². The summed E-state index contributed by atoms with van der Waals surface area (Å²) < 4.78 is 36.6. The maximum Gasteiger partial charge on any atom is 0.341 e. The Bertz CT molecular complexity index is 615. The summed E-state index contributed by atoms with van der Waals surface area (Å²) in [7, 11) is 1.00. The zero-order valence-corrected chi connectivity index (χ0v) is 8.62. The number of methoxy groups -OCH3 is 1. The largest absolute Gasteiger partial charge is 0.465 e. The summed E-state index contributed by atoms with van der Waals surface area (Å²) in [5.41, 5.74) is -1.86. The molecule has 4 nitrogen and oxygen atoms in total. The van der Waals surface area contributed by atoms with Crippen molar-refractivity contribution in [3.05, 3.63) is 35.1 Å². The molecule has 0 saturated carbocycles. The lowest BCUT2D eigenvalue weighted by Crippen LogP contribution is -2.11. The topological polar surface area (TPSA) is 56.5 Å². The van der Waals surface area contributed by atoms with Gasteiger partial charge >= 0.3 is 5.97 Å². The Hall–Kier alpha value is -2.24. The van der Waals surface area contributed by atoms with E-state index in [2.05, 4.69) is 4.74 Å². The van der Waals surface area contributed by atoms with Gasteiger partial charge in [-0.25, -0.2) is 13.6 Å². The number of fused-ring (bicyclic) bond motifs is 1. The lowest BCUT2D eigenvalue weighted by molar-refractivity contribution is 0.0592. The molecule has 1 heterocycles. The monoisotopic (exact) mass is 240 g/mol. The van der Waals surface area contributed by atoms with Crippen molar-refractivity contribution in [2.24, 2.45) is 0 Å². The number of furan rings is 1. The van der Waals surface area contributed by atoms with Gasteiger partial charge < -0.3 is 9.15 Å². The van der Waals surface area contributed by atoms with Gasteiger partial charge in [0.1, 0.15) is 11.4 Å². The molecule has 88 valence electrons. The Kier molecular flexibility index (Phi) is 2.63. The molecule has 1 aromatic carbocycles. The predicted molar refractivity (Wildman–Crippen MR) is 52.9 cm³/mol. The van der Waals surface area contributed by atoms with Crippen LogP contribution in [0.2, 0.25) is 0 Å². The van der Waals surface area contributed by atoms with Crippen LogP contribution in [-0.2, 0) is 4.74 Å². The van der Waals surface area contributed by atoms with Crippen molar-refractivity contribution in [2.45, 2.75) is 0 Å². The molecular formula is C11H6F2O4. The summed E-state index contributed by atoms with van der Waals surface area (Å²) in [6.45, 7) is 0. The van der Waals surface area contributed by atoms with Gasteiger partial charge in [-0.15, -0.1) is 0 Å². The molecule has 0 atom stereocenters. The molecule has 1 aromatic heterocycles. The summed E-state index contributed by atoms with van der Waals surface area (Å²) in [5, 5.41) is -0.197. The summed E-state index contributed by atoms with van der Waals surface area (Å²) >= 11 is 0. The normalized spacial score (nSPS) is 10.5. The molecule has 0 aliphatic heterocycles.